The third-order valence-electron chi connectivity index (χ3n) is 4.32. The van der Waals surface area contributed by atoms with Crippen LogP contribution < -0.4 is 10.3 Å². The largest absolute Gasteiger partial charge is 0.497 e. The Kier molecular flexibility index (Phi) is 4.76. The summed E-state index contributed by atoms with van der Waals surface area (Å²) < 4.78 is 5.29. The first kappa shape index (κ1) is 15.7. The number of rotatable bonds is 4. The average Bonchev–Trinajstić information content (AvgIpc) is 2.54. The highest BCUT2D eigenvalue weighted by Gasteiger charge is 2.23. The maximum atomic E-state index is 11.7. The molecule has 5 heteroatoms. The highest BCUT2D eigenvalue weighted by molar-refractivity contribution is 5.28. The summed E-state index contributed by atoms with van der Waals surface area (Å²) in [6, 6.07) is 9.73. The molecular weight excluding hydrogens is 290 g/mol. The second-order valence-electron chi connectivity index (χ2n) is 6.20. The molecule has 0 amide bonds. The van der Waals surface area contributed by atoms with Crippen LogP contribution in [0.5, 0.6) is 5.75 Å². The number of aromatic nitrogens is 2. The number of nitrogens with one attached hydrogen (secondary N) is 1. The van der Waals surface area contributed by atoms with Crippen molar-refractivity contribution in [1.82, 2.24) is 14.9 Å². The number of hydrogen-bond donors (Lipinski definition) is 1. The third-order valence-corrected chi connectivity index (χ3v) is 4.32. The number of likely N-dealkylation sites (tertiary alicyclic amines) is 1. The molecule has 23 heavy (non-hydrogen) atoms. The minimum atomic E-state index is -0.0579. The molecule has 5 nitrogen and oxygen atoms in total. The van der Waals surface area contributed by atoms with Gasteiger partial charge in [0.25, 0.3) is 5.56 Å². The van der Waals surface area contributed by atoms with E-state index in [0.717, 1.165) is 49.7 Å². The summed E-state index contributed by atoms with van der Waals surface area (Å²) in [6.45, 7) is 4.76. The highest BCUT2D eigenvalue weighted by atomic mass is 16.5. The van der Waals surface area contributed by atoms with E-state index < -0.39 is 0 Å². The van der Waals surface area contributed by atoms with Gasteiger partial charge in [-0.15, -0.1) is 0 Å². The van der Waals surface area contributed by atoms with Crippen LogP contribution in [0.2, 0.25) is 0 Å². The lowest BCUT2D eigenvalue weighted by Gasteiger charge is -2.32. The van der Waals surface area contributed by atoms with Gasteiger partial charge in [-0.25, -0.2) is 4.98 Å². The number of hydrogen-bond acceptors (Lipinski definition) is 4. The number of nitrogens with zero attached hydrogens (tertiary/aromatic N) is 2. The smallest absolute Gasteiger partial charge is 0.251 e. The summed E-state index contributed by atoms with van der Waals surface area (Å²) in [4.78, 5) is 21.5. The Morgan fingerprint density at radius 3 is 3.04 bits per heavy atom. The number of piperidine rings is 1. The Bertz CT molecular complexity index is 726. The van der Waals surface area contributed by atoms with E-state index in [1.807, 2.05) is 19.1 Å². The second-order valence-corrected chi connectivity index (χ2v) is 6.20. The van der Waals surface area contributed by atoms with Gasteiger partial charge in [0.15, 0.2) is 0 Å². The molecule has 0 bridgehead atoms. The van der Waals surface area contributed by atoms with E-state index in [2.05, 4.69) is 27.0 Å². The summed E-state index contributed by atoms with van der Waals surface area (Å²) >= 11 is 0. The molecule has 2 aromatic rings. The van der Waals surface area contributed by atoms with Gasteiger partial charge in [-0.05, 0) is 44.0 Å². The van der Waals surface area contributed by atoms with Crippen molar-refractivity contribution in [2.45, 2.75) is 32.2 Å². The van der Waals surface area contributed by atoms with Gasteiger partial charge in [-0.1, -0.05) is 12.1 Å². The molecule has 1 atom stereocenters. The van der Waals surface area contributed by atoms with E-state index >= 15 is 0 Å². The number of aromatic amines is 1. The van der Waals surface area contributed by atoms with E-state index in [-0.39, 0.29) is 5.56 Å². The Morgan fingerprint density at radius 1 is 1.39 bits per heavy atom. The lowest BCUT2D eigenvalue weighted by molar-refractivity contribution is 0.196. The molecule has 1 aliphatic heterocycles. The van der Waals surface area contributed by atoms with Gasteiger partial charge in [0.1, 0.15) is 11.6 Å². The van der Waals surface area contributed by atoms with Crippen LogP contribution in [0.25, 0.3) is 0 Å². The Hall–Kier alpha value is -2.14. The van der Waals surface area contributed by atoms with Crippen LogP contribution in [0.1, 0.15) is 35.8 Å². The molecule has 1 fully saturated rings. The monoisotopic (exact) mass is 313 g/mol. The van der Waals surface area contributed by atoms with Crippen LogP contribution in [-0.4, -0.2) is 35.1 Å². The zero-order valence-corrected chi connectivity index (χ0v) is 13.7. The third kappa shape index (κ3) is 3.99. The fraction of sp³-hybridized carbons (Fsp3) is 0.444. The molecule has 0 radical (unpaired) electrons. The molecule has 122 valence electrons. The quantitative estimate of drug-likeness (QED) is 0.942. The van der Waals surface area contributed by atoms with Crippen molar-refractivity contribution >= 4 is 0 Å². The van der Waals surface area contributed by atoms with Crippen molar-refractivity contribution in [2.75, 3.05) is 20.2 Å². The zero-order valence-electron chi connectivity index (χ0n) is 13.7. The Balaban J connectivity index is 1.71. The number of benzene rings is 1. The van der Waals surface area contributed by atoms with Gasteiger partial charge < -0.3 is 9.72 Å². The molecule has 2 heterocycles. The fourth-order valence-corrected chi connectivity index (χ4v) is 3.25. The van der Waals surface area contributed by atoms with Crippen molar-refractivity contribution in [3.63, 3.8) is 0 Å². The molecule has 0 saturated carbocycles. The first-order chi connectivity index (χ1) is 11.1. The molecule has 1 saturated heterocycles. The number of ether oxygens (including phenoxy) is 1. The van der Waals surface area contributed by atoms with Gasteiger partial charge in [0.2, 0.25) is 0 Å². The maximum absolute atomic E-state index is 11.7. The summed E-state index contributed by atoms with van der Waals surface area (Å²) in [5, 5.41) is 0. The van der Waals surface area contributed by atoms with Crippen molar-refractivity contribution in [2.24, 2.45) is 0 Å². The average molecular weight is 313 g/mol. The van der Waals surface area contributed by atoms with Crippen LogP contribution in [0.15, 0.2) is 35.1 Å². The highest BCUT2D eigenvalue weighted by Crippen LogP contribution is 2.25. The summed E-state index contributed by atoms with van der Waals surface area (Å²) in [7, 11) is 1.69. The normalized spacial score (nSPS) is 18.8. The Labute approximate surface area is 136 Å². The Morgan fingerprint density at radius 2 is 2.26 bits per heavy atom. The van der Waals surface area contributed by atoms with Gasteiger partial charge in [-0.2, -0.15) is 0 Å². The minimum absolute atomic E-state index is 0.0579. The standard InChI is InChI=1S/C18H23N3O2/c1-13-9-17(22)20-18(19-13)15-6-4-8-21(12-15)11-14-5-3-7-16(10-14)23-2/h3,5,7,9-10,15H,4,6,8,11-12H2,1-2H3,(H,19,20,22)/t15-/m1/s1. The van der Waals surface area contributed by atoms with Gasteiger partial charge >= 0.3 is 0 Å². The predicted molar refractivity (Wildman–Crippen MR) is 89.8 cm³/mol. The van der Waals surface area contributed by atoms with Crippen molar-refractivity contribution in [3.05, 3.63) is 57.8 Å². The first-order valence-corrected chi connectivity index (χ1v) is 8.07. The minimum Gasteiger partial charge on any atom is -0.497 e. The molecule has 1 N–H and O–H groups in total. The number of H-pyrrole nitrogens is 1. The lowest BCUT2D eigenvalue weighted by atomic mass is 9.96. The predicted octanol–water partition coefficient (Wildman–Crippen LogP) is 2.47. The first-order valence-electron chi connectivity index (χ1n) is 8.07. The van der Waals surface area contributed by atoms with E-state index in [4.69, 9.17) is 4.74 Å². The second kappa shape index (κ2) is 6.96. The van der Waals surface area contributed by atoms with E-state index in [9.17, 15) is 4.79 Å². The van der Waals surface area contributed by atoms with Crippen LogP contribution in [0, 0.1) is 6.92 Å². The molecule has 1 aliphatic rings. The SMILES string of the molecule is COc1cccc(CN2CCC[C@@H](c3nc(C)cc(=O)[nH]3)C2)c1. The van der Waals surface area contributed by atoms with Gasteiger partial charge in [0, 0.05) is 30.8 Å². The molecule has 1 aromatic heterocycles. The van der Waals surface area contributed by atoms with Crippen LogP contribution in [0.4, 0.5) is 0 Å². The molecule has 3 rings (SSSR count). The van der Waals surface area contributed by atoms with Crippen LogP contribution >= 0.6 is 0 Å². The summed E-state index contributed by atoms with van der Waals surface area (Å²) in [5.74, 6) is 2.01. The summed E-state index contributed by atoms with van der Waals surface area (Å²) in [6.07, 6.45) is 2.19. The fourth-order valence-electron chi connectivity index (χ4n) is 3.25. The van der Waals surface area contributed by atoms with Crippen molar-refractivity contribution in [1.29, 1.82) is 0 Å². The molecule has 0 spiro atoms. The van der Waals surface area contributed by atoms with Crippen LogP contribution in [0.3, 0.4) is 0 Å². The number of aryl methyl sites for hydroxylation is 1. The zero-order chi connectivity index (χ0) is 16.2. The molecule has 0 aliphatic carbocycles. The lowest BCUT2D eigenvalue weighted by Crippen LogP contribution is -2.35. The van der Waals surface area contributed by atoms with E-state index in [1.165, 1.54) is 5.56 Å². The molecule has 0 unspecified atom stereocenters. The van der Waals surface area contributed by atoms with Crippen molar-refractivity contribution in [3.8, 4) is 5.75 Å². The topological polar surface area (TPSA) is 58.2 Å². The van der Waals surface area contributed by atoms with Gasteiger partial charge in [0.05, 0.1) is 7.11 Å². The van der Waals surface area contributed by atoms with E-state index in [0.29, 0.717) is 5.92 Å². The summed E-state index contributed by atoms with van der Waals surface area (Å²) in [5.41, 5.74) is 1.97. The molecule has 1 aromatic carbocycles. The molecular formula is C18H23N3O2. The van der Waals surface area contributed by atoms with Crippen LogP contribution in [-0.2, 0) is 6.54 Å². The maximum Gasteiger partial charge on any atom is 0.251 e. The number of methoxy groups -OCH3 is 1. The van der Waals surface area contributed by atoms with Gasteiger partial charge in [-0.3, -0.25) is 9.69 Å². The van der Waals surface area contributed by atoms with E-state index in [1.54, 1.807) is 13.2 Å². The van der Waals surface area contributed by atoms with Crippen molar-refractivity contribution < 1.29 is 4.74 Å².